The number of fused-ring (bicyclic) bond motifs is 2. The molecule has 4 rings (SSSR count). The highest BCUT2D eigenvalue weighted by atomic mass is 35.5. The monoisotopic (exact) mass is 361 g/mol. The standard InChI is InChI=1S/C22H20ClN3/c1-25-10-12-26(13-11-25)22-14-16-6-7-17(23)15-21(16)19(8-9-24)18-4-2-3-5-20(18)22/h2-8,14-15H,10-13H2,1H3. The molecule has 1 aliphatic carbocycles. The fourth-order valence-electron chi connectivity index (χ4n) is 3.73. The Morgan fingerprint density at radius 1 is 1.00 bits per heavy atom. The molecule has 2 aromatic carbocycles. The minimum absolute atomic E-state index is 0.682. The number of hydrogen-bond donors (Lipinski definition) is 0. The molecular formula is C22H20ClN3. The maximum Gasteiger partial charge on any atom is 0.0918 e. The third-order valence-electron chi connectivity index (χ3n) is 5.14. The van der Waals surface area contributed by atoms with Gasteiger partial charge in [-0.2, -0.15) is 5.26 Å². The van der Waals surface area contributed by atoms with Gasteiger partial charge in [0.15, 0.2) is 0 Å². The summed E-state index contributed by atoms with van der Waals surface area (Å²) >= 11 is 6.28. The van der Waals surface area contributed by atoms with Crippen molar-refractivity contribution in [2.24, 2.45) is 0 Å². The molecule has 1 aliphatic heterocycles. The Morgan fingerprint density at radius 2 is 1.73 bits per heavy atom. The molecule has 1 saturated heterocycles. The molecule has 2 aliphatic rings. The first-order chi connectivity index (χ1) is 12.7. The van der Waals surface area contributed by atoms with Crippen LogP contribution in [-0.4, -0.2) is 43.0 Å². The second-order valence-corrected chi connectivity index (χ2v) is 7.22. The predicted molar refractivity (Wildman–Crippen MR) is 108 cm³/mol. The summed E-state index contributed by atoms with van der Waals surface area (Å²) in [6, 6.07) is 16.5. The number of hydrogen-bond acceptors (Lipinski definition) is 3. The number of likely N-dealkylation sites (N-methyl/N-ethyl adjacent to an activating group) is 1. The number of halogens is 1. The van der Waals surface area contributed by atoms with Crippen LogP contribution in [0.1, 0.15) is 22.3 Å². The van der Waals surface area contributed by atoms with Crippen molar-refractivity contribution in [2.75, 3.05) is 33.2 Å². The summed E-state index contributed by atoms with van der Waals surface area (Å²) in [4.78, 5) is 4.81. The molecule has 0 spiro atoms. The fraction of sp³-hybridized carbons (Fsp3) is 0.227. The number of rotatable bonds is 1. The Kier molecular flexibility index (Phi) is 4.55. The highest BCUT2D eigenvalue weighted by Crippen LogP contribution is 2.39. The van der Waals surface area contributed by atoms with Crippen LogP contribution in [0.25, 0.3) is 17.3 Å². The molecule has 0 atom stereocenters. The molecule has 1 heterocycles. The van der Waals surface area contributed by atoms with Gasteiger partial charge in [0.25, 0.3) is 0 Å². The first-order valence-electron chi connectivity index (χ1n) is 8.82. The van der Waals surface area contributed by atoms with Crippen molar-refractivity contribution in [3.63, 3.8) is 0 Å². The first kappa shape index (κ1) is 16.9. The van der Waals surface area contributed by atoms with Crippen LogP contribution in [0.5, 0.6) is 0 Å². The van der Waals surface area contributed by atoms with Gasteiger partial charge in [-0.1, -0.05) is 41.9 Å². The maximum absolute atomic E-state index is 9.38. The lowest BCUT2D eigenvalue weighted by atomic mass is 9.93. The summed E-state index contributed by atoms with van der Waals surface area (Å²) in [6.07, 6.45) is 3.88. The average molecular weight is 362 g/mol. The third kappa shape index (κ3) is 3.03. The summed E-state index contributed by atoms with van der Waals surface area (Å²) in [5, 5.41) is 10.1. The number of allylic oxidation sites excluding steroid dienone is 1. The highest BCUT2D eigenvalue weighted by molar-refractivity contribution is 6.31. The van der Waals surface area contributed by atoms with Gasteiger partial charge in [-0.15, -0.1) is 0 Å². The van der Waals surface area contributed by atoms with Crippen LogP contribution >= 0.6 is 11.6 Å². The predicted octanol–water partition coefficient (Wildman–Crippen LogP) is 4.35. The van der Waals surface area contributed by atoms with Crippen molar-refractivity contribution in [3.8, 4) is 6.07 Å². The van der Waals surface area contributed by atoms with E-state index in [-0.39, 0.29) is 0 Å². The number of nitrogens with zero attached hydrogens (tertiary/aromatic N) is 3. The average Bonchev–Trinajstić information content (AvgIpc) is 2.78. The van der Waals surface area contributed by atoms with E-state index in [2.05, 4.69) is 47.2 Å². The van der Waals surface area contributed by atoms with Gasteiger partial charge in [0, 0.05) is 54.1 Å². The molecule has 4 heteroatoms. The Balaban J connectivity index is 1.94. The second-order valence-electron chi connectivity index (χ2n) is 6.78. The van der Waals surface area contributed by atoms with Crippen LogP contribution in [0.4, 0.5) is 0 Å². The van der Waals surface area contributed by atoms with Gasteiger partial charge in [0.1, 0.15) is 0 Å². The molecule has 0 amide bonds. The summed E-state index contributed by atoms with van der Waals surface area (Å²) in [5.41, 5.74) is 6.52. The van der Waals surface area contributed by atoms with Crippen LogP contribution in [0.15, 0.2) is 48.5 Å². The zero-order chi connectivity index (χ0) is 18.1. The Morgan fingerprint density at radius 3 is 2.46 bits per heavy atom. The normalized spacial score (nSPS) is 18.6. The molecule has 0 saturated carbocycles. The highest BCUT2D eigenvalue weighted by Gasteiger charge is 2.24. The molecule has 0 unspecified atom stereocenters. The summed E-state index contributed by atoms with van der Waals surface area (Å²) in [6.45, 7) is 4.09. The van der Waals surface area contributed by atoms with E-state index in [0.29, 0.717) is 5.02 Å². The topological polar surface area (TPSA) is 30.3 Å². The quantitative estimate of drug-likeness (QED) is 0.707. The molecule has 2 aromatic rings. The third-order valence-corrected chi connectivity index (χ3v) is 5.38. The SMILES string of the molecule is CN1CCN(C2=Cc3ccc(Cl)cc3C(=CC#N)c3ccccc32)CC1. The van der Waals surface area contributed by atoms with Crippen molar-refractivity contribution in [3.05, 3.63) is 75.8 Å². The van der Waals surface area contributed by atoms with Crippen molar-refractivity contribution in [2.45, 2.75) is 0 Å². The summed E-state index contributed by atoms with van der Waals surface area (Å²) in [5.74, 6) is 0. The van der Waals surface area contributed by atoms with Crippen LogP contribution < -0.4 is 0 Å². The van der Waals surface area contributed by atoms with E-state index in [1.165, 1.54) is 11.3 Å². The minimum Gasteiger partial charge on any atom is -0.368 e. The molecule has 130 valence electrons. The van der Waals surface area contributed by atoms with Crippen LogP contribution in [-0.2, 0) is 0 Å². The van der Waals surface area contributed by atoms with E-state index in [0.717, 1.165) is 48.4 Å². The van der Waals surface area contributed by atoms with Gasteiger partial charge in [-0.25, -0.2) is 0 Å². The molecule has 0 radical (unpaired) electrons. The largest absolute Gasteiger partial charge is 0.368 e. The summed E-state index contributed by atoms with van der Waals surface area (Å²) < 4.78 is 0. The minimum atomic E-state index is 0.682. The van der Waals surface area contributed by atoms with Crippen molar-refractivity contribution in [1.29, 1.82) is 5.26 Å². The zero-order valence-electron chi connectivity index (χ0n) is 14.7. The van der Waals surface area contributed by atoms with E-state index < -0.39 is 0 Å². The van der Waals surface area contributed by atoms with Crippen molar-refractivity contribution in [1.82, 2.24) is 9.80 Å². The smallest absolute Gasteiger partial charge is 0.0918 e. The zero-order valence-corrected chi connectivity index (χ0v) is 15.5. The molecule has 0 aromatic heterocycles. The van der Waals surface area contributed by atoms with Crippen LogP contribution in [0, 0.1) is 11.3 Å². The van der Waals surface area contributed by atoms with E-state index in [9.17, 15) is 5.26 Å². The van der Waals surface area contributed by atoms with Crippen LogP contribution in [0.3, 0.4) is 0 Å². The Hall–Kier alpha value is -2.54. The first-order valence-corrected chi connectivity index (χ1v) is 9.20. The van der Waals surface area contributed by atoms with Crippen molar-refractivity contribution < 1.29 is 0 Å². The van der Waals surface area contributed by atoms with Gasteiger partial charge in [0.2, 0.25) is 0 Å². The molecule has 26 heavy (non-hydrogen) atoms. The van der Waals surface area contributed by atoms with Gasteiger partial charge in [0.05, 0.1) is 6.07 Å². The van der Waals surface area contributed by atoms with E-state index >= 15 is 0 Å². The molecular weight excluding hydrogens is 342 g/mol. The molecule has 1 fully saturated rings. The molecule has 0 N–H and O–H groups in total. The van der Waals surface area contributed by atoms with Gasteiger partial charge in [-0.05, 0) is 41.9 Å². The lowest BCUT2D eigenvalue weighted by molar-refractivity contribution is 0.208. The van der Waals surface area contributed by atoms with Crippen LogP contribution in [0.2, 0.25) is 5.02 Å². The van der Waals surface area contributed by atoms with E-state index in [4.69, 9.17) is 11.6 Å². The number of piperazine rings is 1. The van der Waals surface area contributed by atoms with Crippen molar-refractivity contribution >= 4 is 28.9 Å². The lowest BCUT2D eigenvalue weighted by Gasteiger charge is -2.36. The van der Waals surface area contributed by atoms with E-state index in [1.807, 2.05) is 24.3 Å². The van der Waals surface area contributed by atoms with Gasteiger partial charge in [-0.3, -0.25) is 0 Å². The maximum atomic E-state index is 9.38. The lowest BCUT2D eigenvalue weighted by Crippen LogP contribution is -2.43. The summed E-state index contributed by atoms with van der Waals surface area (Å²) in [7, 11) is 2.16. The van der Waals surface area contributed by atoms with Gasteiger partial charge < -0.3 is 9.80 Å². The Bertz CT molecular complexity index is 944. The molecule has 3 nitrogen and oxygen atoms in total. The fourth-order valence-corrected chi connectivity index (χ4v) is 3.90. The van der Waals surface area contributed by atoms with E-state index in [1.54, 1.807) is 6.08 Å². The Labute approximate surface area is 159 Å². The number of nitriles is 1. The van der Waals surface area contributed by atoms with Gasteiger partial charge >= 0.3 is 0 Å². The number of benzene rings is 2. The molecule has 0 bridgehead atoms. The second kappa shape index (κ2) is 6.99.